The lowest BCUT2D eigenvalue weighted by Crippen LogP contribution is -2.38. The summed E-state index contributed by atoms with van der Waals surface area (Å²) >= 11 is 0. The van der Waals surface area contributed by atoms with E-state index in [0.717, 1.165) is 6.42 Å². The number of hydrogen-bond donors (Lipinski definition) is 2. The molecule has 0 aliphatic rings. The molecule has 114 valence electrons. The van der Waals surface area contributed by atoms with Gasteiger partial charge in [0.2, 0.25) is 0 Å². The van der Waals surface area contributed by atoms with E-state index in [1.807, 2.05) is 25.2 Å². The summed E-state index contributed by atoms with van der Waals surface area (Å²) in [6, 6.07) is 7.71. The Balaban J connectivity index is 2.34. The van der Waals surface area contributed by atoms with Crippen LogP contribution < -0.4 is 10.5 Å². The van der Waals surface area contributed by atoms with Crippen LogP contribution in [0.1, 0.15) is 27.2 Å². The van der Waals surface area contributed by atoms with Gasteiger partial charge in [0.05, 0.1) is 0 Å². The summed E-state index contributed by atoms with van der Waals surface area (Å²) in [6.07, 6.45) is 0.621. The molecule has 0 heterocycles. The number of aliphatic hydroxyl groups excluding tert-OH is 1. The van der Waals surface area contributed by atoms with Crippen LogP contribution in [0.4, 0.5) is 5.69 Å². The van der Waals surface area contributed by atoms with Gasteiger partial charge in [-0.25, -0.2) is 0 Å². The highest BCUT2D eigenvalue weighted by Gasteiger charge is 2.15. The van der Waals surface area contributed by atoms with E-state index >= 15 is 0 Å². The van der Waals surface area contributed by atoms with E-state index in [4.69, 9.17) is 10.5 Å². The largest absolute Gasteiger partial charge is 0.491 e. The van der Waals surface area contributed by atoms with Crippen molar-refractivity contribution in [1.82, 2.24) is 4.90 Å². The average Bonchev–Trinajstić information content (AvgIpc) is 2.35. The van der Waals surface area contributed by atoms with Crippen LogP contribution in [-0.2, 0) is 0 Å². The van der Waals surface area contributed by atoms with Crippen LogP contribution in [0.3, 0.4) is 0 Å². The Morgan fingerprint density at radius 3 is 2.60 bits per heavy atom. The zero-order valence-corrected chi connectivity index (χ0v) is 13.0. The highest BCUT2D eigenvalue weighted by atomic mass is 16.5. The summed E-state index contributed by atoms with van der Waals surface area (Å²) in [5.74, 6) is 1.36. The van der Waals surface area contributed by atoms with E-state index in [9.17, 15) is 5.11 Å². The highest BCUT2D eigenvalue weighted by molar-refractivity contribution is 5.43. The lowest BCUT2D eigenvalue weighted by Gasteiger charge is -2.28. The second-order valence-corrected chi connectivity index (χ2v) is 5.96. The zero-order chi connectivity index (χ0) is 15.1. The van der Waals surface area contributed by atoms with Crippen LogP contribution in [0.5, 0.6) is 5.75 Å². The number of ether oxygens (including phenoxy) is 1. The number of likely N-dealkylation sites (N-methyl/N-ethyl adjacent to an activating group) is 1. The topological polar surface area (TPSA) is 58.7 Å². The maximum absolute atomic E-state index is 10.0. The van der Waals surface area contributed by atoms with E-state index in [0.29, 0.717) is 29.9 Å². The maximum Gasteiger partial charge on any atom is 0.121 e. The van der Waals surface area contributed by atoms with Crippen LogP contribution in [0.15, 0.2) is 24.3 Å². The van der Waals surface area contributed by atoms with Crippen molar-refractivity contribution in [3.63, 3.8) is 0 Å². The highest BCUT2D eigenvalue weighted by Crippen LogP contribution is 2.15. The Morgan fingerprint density at radius 2 is 2.00 bits per heavy atom. The zero-order valence-electron chi connectivity index (χ0n) is 13.0. The minimum absolute atomic E-state index is 0.280. The van der Waals surface area contributed by atoms with Crippen molar-refractivity contribution < 1.29 is 9.84 Å². The van der Waals surface area contributed by atoms with Gasteiger partial charge in [-0.3, -0.25) is 0 Å². The van der Waals surface area contributed by atoms with Gasteiger partial charge in [-0.2, -0.15) is 0 Å². The van der Waals surface area contributed by atoms with Gasteiger partial charge in [-0.1, -0.05) is 19.9 Å². The Labute approximate surface area is 122 Å². The van der Waals surface area contributed by atoms with Crippen molar-refractivity contribution in [2.45, 2.75) is 39.3 Å². The number of nitrogens with zero attached hydrogens (tertiary/aromatic N) is 1. The van der Waals surface area contributed by atoms with Crippen LogP contribution in [0.2, 0.25) is 0 Å². The van der Waals surface area contributed by atoms with Crippen molar-refractivity contribution in [1.29, 1.82) is 0 Å². The molecule has 0 bridgehead atoms. The molecule has 2 unspecified atom stereocenters. The Bertz CT molecular complexity index is 396. The first-order valence-electron chi connectivity index (χ1n) is 7.25. The van der Waals surface area contributed by atoms with Crippen LogP contribution in [-0.4, -0.2) is 42.4 Å². The fourth-order valence-corrected chi connectivity index (χ4v) is 2.22. The number of nitrogen functional groups attached to an aromatic ring is 1. The Kier molecular flexibility index (Phi) is 6.82. The van der Waals surface area contributed by atoms with Gasteiger partial charge >= 0.3 is 0 Å². The SMILES string of the molecule is CC(C)CC(C)N(C)CC(O)COc1cccc(N)c1. The summed E-state index contributed by atoms with van der Waals surface area (Å²) < 4.78 is 5.55. The quantitative estimate of drug-likeness (QED) is 0.718. The second-order valence-electron chi connectivity index (χ2n) is 5.96. The molecule has 0 aliphatic heterocycles. The Hall–Kier alpha value is -1.26. The van der Waals surface area contributed by atoms with E-state index in [1.165, 1.54) is 0 Å². The van der Waals surface area contributed by atoms with E-state index < -0.39 is 6.10 Å². The summed E-state index contributed by atoms with van der Waals surface area (Å²) in [5.41, 5.74) is 6.35. The predicted molar refractivity (Wildman–Crippen MR) is 83.9 cm³/mol. The fourth-order valence-electron chi connectivity index (χ4n) is 2.22. The van der Waals surface area contributed by atoms with Crippen LogP contribution in [0, 0.1) is 5.92 Å². The molecule has 0 aromatic heterocycles. The van der Waals surface area contributed by atoms with Gasteiger partial charge in [0.15, 0.2) is 0 Å². The molecule has 3 N–H and O–H groups in total. The van der Waals surface area contributed by atoms with Crippen LogP contribution in [0.25, 0.3) is 0 Å². The fraction of sp³-hybridized carbons (Fsp3) is 0.625. The third kappa shape index (κ3) is 6.26. The van der Waals surface area contributed by atoms with E-state index in [2.05, 4.69) is 25.7 Å². The maximum atomic E-state index is 10.0. The summed E-state index contributed by atoms with van der Waals surface area (Å²) in [4.78, 5) is 2.17. The molecule has 0 radical (unpaired) electrons. The number of benzene rings is 1. The molecule has 1 aromatic carbocycles. The molecule has 1 aromatic rings. The number of hydrogen-bond acceptors (Lipinski definition) is 4. The molecule has 4 nitrogen and oxygen atoms in total. The first kappa shape index (κ1) is 16.8. The molecule has 0 saturated heterocycles. The van der Waals surface area contributed by atoms with Gasteiger partial charge in [-0.05, 0) is 38.4 Å². The van der Waals surface area contributed by atoms with Crippen molar-refractivity contribution in [3.8, 4) is 5.75 Å². The van der Waals surface area contributed by atoms with Gasteiger partial charge in [0.1, 0.15) is 18.5 Å². The van der Waals surface area contributed by atoms with Gasteiger partial charge in [0.25, 0.3) is 0 Å². The van der Waals surface area contributed by atoms with Crippen molar-refractivity contribution in [2.75, 3.05) is 25.9 Å². The molecular weight excluding hydrogens is 252 g/mol. The number of rotatable bonds is 8. The smallest absolute Gasteiger partial charge is 0.121 e. The lowest BCUT2D eigenvalue weighted by atomic mass is 10.0. The number of aliphatic hydroxyl groups is 1. The molecule has 4 heteroatoms. The van der Waals surface area contributed by atoms with Gasteiger partial charge < -0.3 is 20.5 Å². The molecule has 2 atom stereocenters. The predicted octanol–water partition coefficient (Wildman–Crippen LogP) is 2.37. The van der Waals surface area contributed by atoms with E-state index in [1.54, 1.807) is 6.07 Å². The van der Waals surface area contributed by atoms with Crippen molar-refractivity contribution in [3.05, 3.63) is 24.3 Å². The van der Waals surface area contributed by atoms with Gasteiger partial charge in [0, 0.05) is 24.3 Å². The molecular formula is C16H28N2O2. The summed E-state index contributed by atoms with van der Waals surface area (Å²) in [6.45, 7) is 7.50. The van der Waals surface area contributed by atoms with Gasteiger partial charge in [-0.15, -0.1) is 0 Å². The van der Waals surface area contributed by atoms with Crippen molar-refractivity contribution >= 4 is 5.69 Å². The van der Waals surface area contributed by atoms with Crippen LogP contribution >= 0.6 is 0 Å². The average molecular weight is 280 g/mol. The number of nitrogens with two attached hydrogens (primary N) is 1. The third-order valence-electron chi connectivity index (χ3n) is 3.36. The molecule has 0 amide bonds. The summed E-state index contributed by atoms with van der Waals surface area (Å²) in [5, 5.41) is 10.0. The van der Waals surface area contributed by atoms with Crippen molar-refractivity contribution in [2.24, 2.45) is 5.92 Å². The molecule has 20 heavy (non-hydrogen) atoms. The first-order valence-corrected chi connectivity index (χ1v) is 7.25. The molecule has 0 spiro atoms. The second kappa shape index (κ2) is 8.12. The molecule has 1 rings (SSSR count). The first-order chi connectivity index (χ1) is 9.38. The minimum Gasteiger partial charge on any atom is -0.491 e. The standard InChI is InChI=1S/C16H28N2O2/c1-12(2)8-13(3)18(4)10-15(19)11-20-16-7-5-6-14(17)9-16/h5-7,9,12-13,15,19H,8,10-11,17H2,1-4H3. The normalized spacial score (nSPS) is 14.6. The molecule has 0 aliphatic carbocycles. The number of anilines is 1. The minimum atomic E-state index is -0.504. The summed E-state index contributed by atoms with van der Waals surface area (Å²) in [7, 11) is 2.04. The lowest BCUT2D eigenvalue weighted by molar-refractivity contribution is 0.0623. The molecule has 0 fully saturated rings. The Morgan fingerprint density at radius 1 is 1.30 bits per heavy atom. The third-order valence-corrected chi connectivity index (χ3v) is 3.36. The monoisotopic (exact) mass is 280 g/mol. The van der Waals surface area contributed by atoms with E-state index in [-0.39, 0.29) is 6.61 Å². The molecule has 0 saturated carbocycles.